The monoisotopic (exact) mass is 651 g/mol. The molecule has 2 aromatic carbocycles. The summed E-state index contributed by atoms with van der Waals surface area (Å²) in [5, 5.41) is 4.83. The van der Waals surface area contributed by atoms with Crippen molar-refractivity contribution in [2.24, 2.45) is 5.10 Å². The first kappa shape index (κ1) is 22.3. The van der Waals surface area contributed by atoms with Crippen LogP contribution in [0, 0.1) is 7.14 Å². The lowest BCUT2D eigenvalue weighted by molar-refractivity contribution is 0.0955. The normalized spacial score (nSPS) is 10.9. The minimum Gasteiger partial charge on any atom is -0.487 e. The van der Waals surface area contributed by atoms with Crippen LogP contribution in [0.2, 0.25) is 10.2 Å². The van der Waals surface area contributed by atoms with E-state index >= 15 is 0 Å². The second-order valence-corrected chi connectivity index (χ2v) is 8.89. The number of nitrogens with one attached hydrogen (secondary N) is 1. The number of carbonyl (C=O) groups excluding carboxylic acids is 1. The van der Waals surface area contributed by atoms with Crippen LogP contribution in [0.1, 0.15) is 21.5 Å². The molecule has 1 N–H and O–H groups in total. The number of aromatic nitrogens is 1. The SMILES string of the molecule is O=C(NN=Cc1cc(I)c(OCc2ccc(Cl)cc2)c(I)c1)c1cccnc1Cl. The topological polar surface area (TPSA) is 63.6 Å². The smallest absolute Gasteiger partial charge is 0.274 e. The molecule has 0 radical (unpaired) electrons. The summed E-state index contributed by atoms with van der Waals surface area (Å²) >= 11 is 16.2. The van der Waals surface area contributed by atoms with Crippen LogP contribution < -0.4 is 10.2 Å². The predicted molar refractivity (Wildman–Crippen MR) is 132 cm³/mol. The zero-order valence-corrected chi connectivity index (χ0v) is 20.5. The molecule has 5 nitrogen and oxygen atoms in total. The van der Waals surface area contributed by atoms with E-state index in [4.69, 9.17) is 27.9 Å². The molecule has 0 aliphatic heterocycles. The van der Waals surface area contributed by atoms with Crippen LogP contribution in [0.25, 0.3) is 0 Å². The van der Waals surface area contributed by atoms with Gasteiger partial charge in [-0.15, -0.1) is 0 Å². The van der Waals surface area contributed by atoms with Crippen molar-refractivity contribution in [1.29, 1.82) is 0 Å². The first-order valence-electron chi connectivity index (χ1n) is 8.24. The number of halogens is 4. The summed E-state index contributed by atoms with van der Waals surface area (Å²) in [7, 11) is 0. The second-order valence-electron chi connectivity index (χ2n) is 5.77. The molecule has 148 valence electrons. The molecule has 0 unspecified atom stereocenters. The number of rotatable bonds is 6. The summed E-state index contributed by atoms with van der Waals surface area (Å²) in [5.74, 6) is 0.371. The van der Waals surface area contributed by atoms with Crippen molar-refractivity contribution < 1.29 is 9.53 Å². The molecule has 29 heavy (non-hydrogen) atoms. The number of ether oxygens (including phenoxy) is 1. The standard InChI is InChI=1S/C20H13Cl2I2N3O2/c21-14-5-3-12(4-6-14)11-29-18-16(23)8-13(9-17(18)24)10-26-27-20(28)15-2-1-7-25-19(15)22/h1-10H,11H2,(H,27,28). The lowest BCUT2D eigenvalue weighted by Crippen LogP contribution is -2.18. The number of hydrogen-bond acceptors (Lipinski definition) is 4. The Morgan fingerprint density at radius 2 is 1.83 bits per heavy atom. The molecule has 1 heterocycles. The van der Waals surface area contributed by atoms with Crippen molar-refractivity contribution in [2.75, 3.05) is 0 Å². The van der Waals surface area contributed by atoms with Gasteiger partial charge in [-0.1, -0.05) is 35.3 Å². The van der Waals surface area contributed by atoms with Gasteiger partial charge in [-0.2, -0.15) is 5.10 Å². The van der Waals surface area contributed by atoms with E-state index in [0.717, 1.165) is 24.0 Å². The van der Waals surface area contributed by atoms with Gasteiger partial charge < -0.3 is 4.74 Å². The van der Waals surface area contributed by atoms with Crippen LogP contribution in [-0.2, 0) is 6.61 Å². The lowest BCUT2D eigenvalue weighted by atomic mass is 10.2. The van der Waals surface area contributed by atoms with Crippen molar-refractivity contribution in [1.82, 2.24) is 10.4 Å². The molecule has 9 heteroatoms. The van der Waals surface area contributed by atoms with E-state index < -0.39 is 5.91 Å². The van der Waals surface area contributed by atoms with E-state index in [1.165, 1.54) is 6.20 Å². The van der Waals surface area contributed by atoms with Gasteiger partial charge in [0.15, 0.2) is 0 Å². The van der Waals surface area contributed by atoms with Crippen LogP contribution in [0.3, 0.4) is 0 Å². The van der Waals surface area contributed by atoms with E-state index in [1.54, 1.807) is 18.3 Å². The van der Waals surface area contributed by atoms with Gasteiger partial charge in [-0.05, 0) is 92.7 Å². The van der Waals surface area contributed by atoms with Crippen molar-refractivity contribution in [3.05, 3.63) is 88.7 Å². The van der Waals surface area contributed by atoms with Gasteiger partial charge in [0.1, 0.15) is 17.5 Å². The molecule has 0 saturated carbocycles. The maximum atomic E-state index is 12.1. The van der Waals surface area contributed by atoms with Crippen LogP contribution in [0.5, 0.6) is 5.75 Å². The third kappa shape index (κ3) is 6.27. The minimum atomic E-state index is -0.424. The third-order valence-corrected chi connectivity index (χ3v) is 5.86. The fourth-order valence-electron chi connectivity index (χ4n) is 2.31. The Bertz CT molecular complexity index is 1040. The van der Waals surface area contributed by atoms with E-state index in [9.17, 15) is 4.79 Å². The van der Waals surface area contributed by atoms with Gasteiger partial charge in [-0.3, -0.25) is 4.79 Å². The molecule has 0 bridgehead atoms. The fourth-order valence-corrected chi connectivity index (χ4v) is 4.77. The number of carbonyl (C=O) groups is 1. The Labute approximate surface area is 205 Å². The first-order chi connectivity index (χ1) is 13.9. The summed E-state index contributed by atoms with van der Waals surface area (Å²) in [5.41, 5.74) is 4.58. The highest BCUT2D eigenvalue weighted by Crippen LogP contribution is 2.29. The molecule has 3 rings (SSSR count). The predicted octanol–water partition coefficient (Wildman–Crippen LogP) is 5.94. The minimum absolute atomic E-state index is 0.131. The van der Waals surface area contributed by atoms with Gasteiger partial charge in [-0.25, -0.2) is 10.4 Å². The van der Waals surface area contributed by atoms with Gasteiger partial charge in [0.05, 0.1) is 18.9 Å². The van der Waals surface area contributed by atoms with Crippen molar-refractivity contribution in [3.63, 3.8) is 0 Å². The van der Waals surface area contributed by atoms with E-state index in [1.807, 2.05) is 36.4 Å². The Kier molecular flexibility index (Phi) is 8.10. The van der Waals surface area contributed by atoms with Gasteiger partial charge in [0.2, 0.25) is 0 Å². The van der Waals surface area contributed by atoms with Crippen LogP contribution in [0.15, 0.2) is 59.8 Å². The number of benzene rings is 2. The first-order valence-corrected chi connectivity index (χ1v) is 11.2. The molecular weight excluding hydrogens is 639 g/mol. The number of hydrazone groups is 1. The number of nitrogens with zero attached hydrogens (tertiary/aromatic N) is 2. The number of pyridine rings is 1. The van der Waals surface area contributed by atoms with Gasteiger partial charge in [0, 0.05) is 11.2 Å². The molecule has 1 aromatic heterocycles. The van der Waals surface area contributed by atoms with Crippen molar-refractivity contribution in [3.8, 4) is 5.75 Å². The summed E-state index contributed by atoms with van der Waals surface area (Å²) in [6, 6.07) is 14.6. The van der Waals surface area contributed by atoms with Crippen molar-refractivity contribution in [2.45, 2.75) is 6.61 Å². The summed E-state index contributed by atoms with van der Waals surface area (Å²) < 4.78 is 7.84. The van der Waals surface area contributed by atoms with Crippen LogP contribution in [0.4, 0.5) is 0 Å². The average Bonchev–Trinajstić information content (AvgIpc) is 2.69. The fraction of sp³-hybridized carbons (Fsp3) is 0.0500. The highest BCUT2D eigenvalue weighted by molar-refractivity contribution is 14.1. The molecule has 1 amide bonds. The summed E-state index contributed by atoms with van der Waals surface area (Å²) in [4.78, 5) is 16.0. The zero-order chi connectivity index (χ0) is 20.8. The Morgan fingerprint density at radius 1 is 1.14 bits per heavy atom. The lowest BCUT2D eigenvalue weighted by Gasteiger charge is -2.11. The van der Waals surface area contributed by atoms with E-state index in [-0.39, 0.29) is 10.7 Å². The number of amides is 1. The summed E-state index contributed by atoms with van der Waals surface area (Å²) in [6.07, 6.45) is 3.08. The van der Waals surface area contributed by atoms with Gasteiger partial charge >= 0.3 is 0 Å². The van der Waals surface area contributed by atoms with Crippen molar-refractivity contribution >= 4 is 80.5 Å². The molecule has 0 aliphatic carbocycles. The Morgan fingerprint density at radius 3 is 2.48 bits per heavy atom. The van der Waals surface area contributed by atoms with Crippen LogP contribution in [-0.4, -0.2) is 17.1 Å². The molecule has 0 spiro atoms. The molecule has 0 fully saturated rings. The Hall–Kier alpha value is -1.43. The molecule has 0 saturated heterocycles. The quantitative estimate of drug-likeness (QED) is 0.155. The maximum absolute atomic E-state index is 12.1. The maximum Gasteiger partial charge on any atom is 0.274 e. The van der Waals surface area contributed by atoms with Crippen LogP contribution >= 0.6 is 68.4 Å². The molecule has 0 atom stereocenters. The van der Waals surface area contributed by atoms with Gasteiger partial charge in [0.25, 0.3) is 5.91 Å². The average molecular weight is 652 g/mol. The molecular formula is C20H13Cl2I2N3O2. The zero-order valence-electron chi connectivity index (χ0n) is 14.7. The Balaban J connectivity index is 1.65. The number of hydrogen-bond donors (Lipinski definition) is 1. The molecule has 0 aliphatic rings. The highest BCUT2D eigenvalue weighted by Gasteiger charge is 2.11. The molecule has 3 aromatic rings. The largest absolute Gasteiger partial charge is 0.487 e. The van der Waals surface area contributed by atoms with E-state index in [2.05, 4.69) is 60.7 Å². The van der Waals surface area contributed by atoms with E-state index in [0.29, 0.717) is 11.6 Å². The third-order valence-electron chi connectivity index (χ3n) is 3.70. The summed E-state index contributed by atoms with van der Waals surface area (Å²) in [6.45, 7) is 0.443. The highest BCUT2D eigenvalue weighted by atomic mass is 127. The second kappa shape index (κ2) is 10.6.